The summed E-state index contributed by atoms with van der Waals surface area (Å²) in [6.07, 6.45) is 0. The third kappa shape index (κ3) is 12.3. The van der Waals surface area contributed by atoms with Crippen LogP contribution in [0, 0.1) is 0 Å². The summed E-state index contributed by atoms with van der Waals surface area (Å²) in [6, 6.07) is 170. The molecule has 688 valence electrons. The number of rotatable bonds is 4. The summed E-state index contributed by atoms with van der Waals surface area (Å²) in [7, 11) is 0. The average Bonchev–Trinajstić information content (AvgIpc) is 1.57. The van der Waals surface area contributed by atoms with Crippen LogP contribution in [0.25, 0.3) is 314 Å². The molecule has 0 radical (unpaired) electrons. The van der Waals surface area contributed by atoms with Crippen molar-refractivity contribution < 1.29 is 0 Å². The fourth-order valence-corrected chi connectivity index (χ4v) is 34.0. The van der Waals surface area contributed by atoms with Gasteiger partial charge in [0.15, 0.2) is 0 Å². The van der Waals surface area contributed by atoms with Crippen LogP contribution in [0.3, 0.4) is 0 Å². The Morgan fingerprint density at radius 1 is 0.115 bits per heavy atom. The molecule has 148 heavy (non-hydrogen) atoms. The number of benzene rings is 24. The van der Waals surface area contributed by atoms with E-state index < -0.39 is 0 Å². The van der Waals surface area contributed by atoms with Gasteiger partial charge in [-0.1, -0.05) is 297 Å². The molecule has 0 aliphatic heterocycles. The Morgan fingerprint density at radius 3 is 0.939 bits per heavy atom. The Kier molecular flexibility index (Phi) is 18.3. The largest absolute Gasteiger partial charge is 0.309 e. The smallest absolute Gasteiger partial charge is 0.0726 e. The van der Waals surface area contributed by atoms with Gasteiger partial charge in [0.2, 0.25) is 0 Å². The zero-order chi connectivity index (χ0) is 96.3. The predicted octanol–water partition coefficient (Wildman–Crippen LogP) is 42.7. The molecule has 12 heterocycles. The highest BCUT2D eigenvalue weighted by Gasteiger charge is 2.28. The number of thiophene rings is 8. The van der Waals surface area contributed by atoms with Gasteiger partial charge in [0.25, 0.3) is 0 Å². The van der Waals surface area contributed by atoms with Gasteiger partial charge in [-0.2, -0.15) is 0 Å². The number of hydrogen-bond acceptors (Lipinski definition) is 8. The number of fused-ring (bicyclic) bond motifs is 48. The fourth-order valence-electron chi connectivity index (χ4n) is 24.7. The maximum atomic E-state index is 2.51. The van der Waals surface area contributed by atoms with Crippen molar-refractivity contribution in [2.75, 3.05) is 0 Å². The first kappa shape index (κ1) is 83.6. The summed E-state index contributed by atoms with van der Waals surface area (Å²) in [5.41, 5.74) is 15.1. The second-order valence-corrected chi connectivity index (χ2v) is 47.5. The molecule has 0 unspecified atom stereocenters. The zero-order valence-electron chi connectivity index (χ0n) is 78.9. The van der Waals surface area contributed by atoms with Crippen molar-refractivity contribution in [1.29, 1.82) is 0 Å². The van der Waals surface area contributed by atoms with E-state index in [2.05, 4.69) is 479 Å². The summed E-state index contributed by atoms with van der Waals surface area (Å²) in [6.45, 7) is 0. The minimum atomic E-state index is 1.21. The second-order valence-electron chi connectivity index (χ2n) is 38.9. The van der Waals surface area contributed by atoms with Crippen molar-refractivity contribution in [3.05, 3.63) is 461 Å². The fraction of sp³-hybridized carbons (Fsp3) is 0. The topological polar surface area (TPSA) is 19.7 Å². The normalized spacial score (nSPS) is 12.3. The van der Waals surface area contributed by atoms with E-state index in [0.29, 0.717) is 0 Å². The molecular formula is C136H76N4S8. The highest BCUT2D eigenvalue weighted by Crippen LogP contribution is 2.55. The van der Waals surface area contributed by atoms with E-state index in [9.17, 15) is 0 Å². The Labute approximate surface area is 876 Å². The highest BCUT2D eigenvalue weighted by atomic mass is 32.1. The minimum absolute atomic E-state index is 1.21. The maximum Gasteiger partial charge on any atom is 0.0726 e. The van der Waals surface area contributed by atoms with E-state index in [1.807, 2.05) is 90.7 Å². The lowest BCUT2D eigenvalue weighted by Gasteiger charge is -2.11. The van der Waals surface area contributed by atoms with E-state index in [4.69, 9.17) is 0 Å². The van der Waals surface area contributed by atoms with Gasteiger partial charge in [0.05, 0.1) is 53.5 Å². The average molecular weight is 2020 g/mol. The standard InChI is InChI=1S/4C34H19NS2/c1-2-11-23-22(10-1)31-25-13-5-8-16-29(25)37-34(31)32-24-12-3-6-14-27(24)35(33(23)32)20-17-18-30-26(19-20)21-9-4-7-15-28(21)36-30;1-2-11-23-22(10-1)31-24-12-3-6-14-27(24)35(33(31)34-32(23)25-13-5-8-16-29(25)37-34)20-17-18-30-26(19-20)21-9-4-7-15-28(21)36-30;1-2-8-22-20(7-1)13-17-28-32(22)26-16-15-25-23-9-3-6-12-30(23)37-34(25)33(26)35(28)21-14-18-31-27(19-21)24-10-4-5-11-29(24)36-31;1-2-8-21-16-29-25(15-20(21)7-1)26-19-34-28(24-10-4-6-12-32(24)37-34)18-30(26)35(29)22-13-14-33-27(17-22)23-9-3-5-11-31(23)36-33/h4*1-19H. The number of para-hydroxylation sites is 2. The van der Waals surface area contributed by atoms with Crippen LogP contribution in [0.1, 0.15) is 0 Å². The van der Waals surface area contributed by atoms with E-state index in [1.165, 1.54) is 314 Å². The van der Waals surface area contributed by atoms with Crippen LogP contribution in [0.15, 0.2) is 461 Å². The van der Waals surface area contributed by atoms with Crippen LogP contribution in [0.2, 0.25) is 0 Å². The molecule has 0 aliphatic rings. The first-order chi connectivity index (χ1) is 73.4. The zero-order valence-corrected chi connectivity index (χ0v) is 85.5. The molecule has 0 spiro atoms. The molecule has 12 aromatic heterocycles. The van der Waals surface area contributed by atoms with E-state index in [-0.39, 0.29) is 0 Å². The maximum absolute atomic E-state index is 2.51. The molecule has 24 aromatic carbocycles. The van der Waals surface area contributed by atoms with Crippen LogP contribution >= 0.6 is 90.7 Å². The van der Waals surface area contributed by atoms with Crippen LogP contribution < -0.4 is 0 Å². The van der Waals surface area contributed by atoms with Crippen molar-refractivity contribution in [3.8, 4) is 22.7 Å². The molecule has 0 saturated heterocycles. The van der Waals surface area contributed by atoms with Gasteiger partial charge >= 0.3 is 0 Å². The summed E-state index contributed by atoms with van der Waals surface area (Å²) in [4.78, 5) is 0. The van der Waals surface area contributed by atoms with Gasteiger partial charge in [-0.15, -0.1) is 90.7 Å². The molecular weight excluding hydrogens is 1950 g/mol. The Bertz CT molecular complexity index is 12000. The van der Waals surface area contributed by atoms with E-state index >= 15 is 0 Å². The molecule has 0 N–H and O–H groups in total. The number of hydrogen-bond donors (Lipinski definition) is 0. The molecule has 0 saturated carbocycles. The summed E-state index contributed by atoms with van der Waals surface area (Å²) in [5.74, 6) is 0. The predicted molar refractivity (Wildman–Crippen MR) is 656 cm³/mol. The van der Waals surface area contributed by atoms with Gasteiger partial charge in [0, 0.05) is 223 Å². The molecule has 0 atom stereocenters. The number of aromatic nitrogens is 4. The lowest BCUT2D eigenvalue weighted by Crippen LogP contribution is -1.94. The quantitative estimate of drug-likeness (QED) is 0.167. The SMILES string of the molecule is c1ccc2c(c1)ccc1c2c2ccc3c4ccccc4sc3c2n1-c1ccc2sc3ccccc3c2c1.c1ccc2c(c1)sc1ccc(-n3c4ccccc4c4c5ccccc5c5c6ccccc6sc5c43)cc12.c1ccc2c(c1)sc1ccc(-n3c4ccccc4c4c5sc6ccccc6c5c5ccccc5c43)cc12.c1ccc2cc3c(cc2c1)c1cc2sc4ccccc4c2cc1n3-c1ccc2sc3ccccc3c2c1. The first-order valence-corrected chi connectivity index (χ1v) is 56.6. The lowest BCUT2D eigenvalue weighted by atomic mass is 9.99. The first-order valence-electron chi connectivity index (χ1n) is 50.1. The van der Waals surface area contributed by atoms with Gasteiger partial charge < -0.3 is 18.3 Å². The molecule has 4 nitrogen and oxygen atoms in total. The van der Waals surface area contributed by atoms with Crippen molar-refractivity contribution in [2.45, 2.75) is 0 Å². The molecule has 0 amide bonds. The summed E-state index contributed by atoms with van der Waals surface area (Å²) >= 11 is 15.1. The molecule has 36 rings (SSSR count). The Balaban J connectivity index is 0.0000000859. The Hall–Kier alpha value is -16.7. The molecule has 0 fully saturated rings. The Morgan fingerprint density at radius 2 is 0.432 bits per heavy atom. The van der Waals surface area contributed by atoms with Crippen molar-refractivity contribution in [3.63, 3.8) is 0 Å². The molecule has 0 bridgehead atoms. The molecule has 0 aliphatic carbocycles. The van der Waals surface area contributed by atoms with Crippen molar-refractivity contribution in [2.24, 2.45) is 0 Å². The van der Waals surface area contributed by atoms with Crippen molar-refractivity contribution in [1.82, 2.24) is 18.3 Å². The van der Waals surface area contributed by atoms with Crippen LogP contribution in [0.4, 0.5) is 0 Å². The monoisotopic (exact) mass is 2020 g/mol. The van der Waals surface area contributed by atoms with E-state index in [1.54, 1.807) is 0 Å². The number of nitrogens with zero attached hydrogens (tertiary/aromatic N) is 4. The third-order valence-corrected chi connectivity index (χ3v) is 40.4. The van der Waals surface area contributed by atoms with Crippen molar-refractivity contribution >= 4 is 382 Å². The van der Waals surface area contributed by atoms with Gasteiger partial charge in [-0.3, -0.25) is 0 Å². The lowest BCUT2D eigenvalue weighted by molar-refractivity contribution is 1.19. The van der Waals surface area contributed by atoms with Crippen LogP contribution in [0.5, 0.6) is 0 Å². The van der Waals surface area contributed by atoms with Crippen LogP contribution in [-0.4, -0.2) is 18.3 Å². The van der Waals surface area contributed by atoms with Gasteiger partial charge in [-0.25, -0.2) is 0 Å². The van der Waals surface area contributed by atoms with E-state index in [0.717, 1.165) is 0 Å². The third-order valence-electron chi connectivity index (χ3n) is 31.1. The van der Waals surface area contributed by atoms with Gasteiger partial charge in [0.1, 0.15) is 0 Å². The highest BCUT2D eigenvalue weighted by molar-refractivity contribution is 7.29. The summed E-state index contributed by atoms with van der Waals surface area (Å²) < 4.78 is 31.5. The summed E-state index contributed by atoms with van der Waals surface area (Å²) in [5, 5.41) is 42.5. The van der Waals surface area contributed by atoms with Crippen LogP contribution in [-0.2, 0) is 0 Å². The molecule has 36 aromatic rings. The molecule has 12 heteroatoms. The minimum Gasteiger partial charge on any atom is -0.309 e. The second kappa shape index (κ2) is 32.4. The van der Waals surface area contributed by atoms with Gasteiger partial charge in [-0.05, 0) is 201 Å².